The third-order valence-corrected chi connectivity index (χ3v) is 3.63. The molecule has 0 saturated carbocycles. The fourth-order valence-corrected chi connectivity index (χ4v) is 2.07. The summed E-state index contributed by atoms with van der Waals surface area (Å²) in [5.74, 6) is 38.8. The van der Waals surface area contributed by atoms with E-state index in [1.54, 1.807) is 0 Å². The number of alkyl carbamates (subject to hydrolysis) is 1. The first-order valence-electron chi connectivity index (χ1n) is 9.58. The fraction of sp³-hybridized carbons (Fsp3) is 0.129. The van der Waals surface area contributed by atoms with E-state index in [1.807, 2.05) is 45.0 Å². The molecule has 1 N–H and O–H groups in total. The third kappa shape index (κ3) is 11.5. The highest BCUT2D eigenvalue weighted by molar-refractivity contribution is 5.70. The number of amides is 1. The number of allylic oxidation sites excluding steroid dienone is 1. The van der Waals surface area contributed by atoms with Crippen molar-refractivity contribution in [2.24, 2.45) is 0 Å². The molecule has 0 aliphatic rings. The van der Waals surface area contributed by atoms with Crippen LogP contribution in [0.25, 0.3) is 5.57 Å². The van der Waals surface area contributed by atoms with Gasteiger partial charge < -0.3 is 10.1 Å². The summed E-state index contributed by atoms with van der Waals surface area (Å²) in [4.78, 5) is 12.0. The predicted octanol–water partition coefficient (Wildman–Crippen LogP) is 3.30. The van der Waals surface area contributed by atoms with Gasteiger partial charge in [-0.05, 0) is 85.3 Å². The first-order chi connectivity index (χ1) is 16.4. The monoisotopic (exact) mass is 435 g/mol. The zero-order valence-electron chi connectivity index (χ0n) is 18.9. The Labute approximate surface area is 202 Å². The summed E-state index contributed by atoms with van der Waals surface area (Å²) >= 11 is 0. The van der Waals surface area contributed by atoms with Gasteiger partial charge >= 0.3 is 6.09 Å². The van der Waals surface area contributed by atoms with Crippen LogP contribution in [0.15, 0.2) is 30.8 Å². The third-order valence-electron chi connectivity index (χ3n) is 3.63. The number of hydrogen-bond acceptors (Lipinski definition) is 2. The number of rotatable bonds is 3. The minimum absolute atomic E-state index is 0.668. The first-order valence-corrected chi connectivity index (χ1v) is 9.58. The number of benzene rings is 1. The smallest absolute Gasteiger partial charge is 0.355 e. The number of ether oxygens (including phenoxy) is 1. The number of nitrogens with one attached hydrogen (secondary N) is 1. The number of hydrogen-bond donors (Lipinski definition) is 1. The van der Waals surface area contributed by atoms with Gasteiger partial charge in [0.1, 0.15) is 6.11 Å². The molecule has 0 saturated heterocycles. The van der Waals surface area contributed by atoms with Gasteiger partial charge in [0.2, 0.25) is 0 Å². The van der Waals surface area contributed by atoms with Crippen LogP contribution in [0.4, 0.5) is 4.79 Å². The summed E-state index contributed by atoms with van der Waals surface area (Å²) in [7, 11) is 0. The molecule has 34 heavy (non-hydrogen) atoms. The molecule has 0 heterocycles. The van der Waals surface area contributed by atoms with Gasteiger partial charge in [0.05, 0.1) is 5.54 Å². The Kier molecular flexibility index (Phi) is 11.7. The average Bonchev–Trinajstić information content (AvgIpc) is 2.81. The maximum atomic E-state index is 12.0. The standard InChI is InChI=1S/C31H17NO2/c1-6-7-8-9-10-11-12-13-14-15-16-17-18-19-20-21-25-34-30(33)32-31(4,5)29-24-22-23-28(26-29)27(2)3/h1,22-24,26H,2H2,3-5H3,(H,32,33). The van der Waals surface area contributed by atoms with Crippen molar-refractivity contribution in [3.8, 4) is 107 Å². The van der Waals surface area contributed by atoms with E-state index >= 15 is 0 Å². The molecule has 1 rings (SSSR count). The van der Waals surface area contributed by atoms with Crippen LogP contribution in [-0.2, 0) is 10.3 Å². The van der Waals surface area contributed by atoms with Crippen LogP contribution < -0.4 is 5.32 Å². The average molecular weight is 435 g/mol. The quantitative estimate of drug-likeness (QED) is 0.740. The number of terminal acetylenes is 1. The zero-order chi connectivity index (χ0) is 25.1. The Morgan fingerprint density at radius 3 is 1.79 bits per heavy atom. The molecular formula is C31H17NO2. The number of carbonyl (C=O) groups is 1. The van der Waals surface area contributed by atoms with Crippen molar-refractivity contribution in [1.82, 2.24) is 5.32 Å². The highest BCUT2D eigenvalue weighted by atomic mass is 16.5. The Hall–Kier alpha value is -5.73. The van der Waals surface area contributed by atoms with Crippen molar-refractivity contribution >= 4 is 11.7 Å². The molecular weight excluding hydrogens is 418 g/mol. The van der Waals surface area contributed by atoms with Crippen LogP contribution >= 0.6 is 0 Å². The molecule has 3 heteroatoms. The van der Waals surface area contributed by atoms with Crippen molar-refractivity contribution in [2.45, 2.75) is 26.3 Å². The van der Waals surface area contributed by atoms with Crippen LogP contribution in [0, 0.1) is 107 Å². The van der Waals surface area contributed by atoms with Gasteiger partial charge in [-0.2, -0.15) is 0 Å². The summed E-state index contributed by atoms with van der Waals surface area (Å²) in [6.07, 6.45) is 6.46. The molecule has 0 radical (unpaired) electrons. The van der Waals surface area contributed by atoms with E-state index in [9.17, 15) is 4.79 Å². The zero-order valence-corrected chi connectivity index (χ0v) is 18.9. The Bertz CT molecular complexity index is 1520. The predicted molar refractivity (Wildman–Crippen MR) is 135 cm³/mol. The minimum Gasteiger partial charge on any atom is -0.355 e. The van der Waals surface area contributed by atoms with Gasteiger partial charge in [0, 0.05) is 47.4 Å². The molecule has 0 aliphatic heterocycles. The Balaban J connectivity index is 2.54. The van der Waals surface area contributed by atoms with Crippen LogP contribution in [0.1, 0.15) is 31.9 Å². The van der Waals surface area contributed by atoms with Crippen LogP contribution in [0.3, 0.4) is 0 Å². The number of carbonyl (C=O) groups excluding carboxylic acids is 1. The second kappa shape index (κ2) is 15.1. The molecule has 1 amide bonds. The lowest BCUT2D eigenvalue weighted by Gasteiger charge is -2.26. The van der Waals surface area contributed by atoms with E-state index in [1.165, 1.54) is 0 Å². The summed E-state index contributed by atoms with van der Waals surface area (Å²) in [6.45, 7) is 9.58. The highest BCUT2D eigenvalue weighted by Gasteiger charge is 2.23. The van der Waals surface area contributed by atoms with Crippen molar-refractivity contribution in [3.63, 3.8) is 0 Å². The largest absolute Gasteiger partial charge is 0.421 e. The van der Waals surface area contributed by atoms with E-state index in [4.69, 9.17) is 11.2 Å². The normalized spacial score (nSPS) is 7.35. The fourth-order valence-electron chi connectivity index (χ4n) is 2.07. The molecule has 0 atom stereocenters. The molecule has 0 spiro atoms. The summed E-state index contributed by atoms with van der Waals surface area (Å²) in [5, 5.41) is 2.76. The van der Waals surface area contributed by atoms with Gasteiger partial charge in [-0.15, -0.1) is 6.42 Å². The van der Waals surface area contributed by atoms with Gasteiger partial charge in [-0.25, -0.2) is 4.79 Å². The van der Waals surface area contributed by atoms with Gasteiger partial charge in [0.25, 0.3) is 0 Å². The second-order valence-corrected chi connectivity index (χ2v) is 6.62. The van der Waals surface area contributed by atoms with E-state index in [2.05, 4.69) is 113 Å². The maximum absolute atomic E-state index is 12.0. The molecule has 0 bridgehead atoms. The summed E-state index contributed by atoms with van der Waals surface area (Å²) < 4.78 is 4.83. The Morgan fingerprint density at radius 2 is 1.32 bits per heavy atom. The maximum Gasteiger partial charge on any atom is 0.421 e. The SMILES string of the molecule is C#CC#CC#CC#CC#CC#CC#CC#CC#COC(=O)NC(C)(C)c1cccc(C(=C)C)c1. The van der Waals surface area contributed by atoms with Crippen molar-refractivity contribution in [3.05, 3.63) is 42.0 Å². The first kappa shape index (κ1) is 26.3. The van der Waals surface area contributed by atoms with Crippen molar-refractivity contribution in [1.29, 1.82) is 0 Å². The van der Waals surface area contributed by atoms with E-state index in [-0.39, 0.29) is 0 Å². The van der Waals surface area contributed by atoms with E-state index in [0.29, 0.717) is 0 Å². The van der Waals surface area contributed by atoms with Gasteiger partial charge in [0.15, 0.2) is 0 Å². The summed E-state index contributed by atoms with van der Waals surface area (Å²) in [6, 6.07) is 7.75. The van der Waals surface area contributed by atoms with E-state index in [0.717, 1.165) is 16.7 Å². The lowest BCUT2D eigenvalue weighted by Crippen LogP contribution is -2.40. The molecule has 1 aromatic carbocycles. The lowest BCUT2D eigenvalue weighted by atomic mass is 9.92. The van der Waals surface area contributed by atoms with Gasteiger partial charge in [-0.1, -0.05) is 30.4 Å². The minimum atomic E-state index is -0.690. The van der Waals surface area contributed by atoms with Crippen molar-refractivity contribution in [2.75, 3.05) is 0 Å². The van der Waals surface area contributed by atoms with Crippen LogP contribution in [0.5, 0.6) is 0 Å². The van der Waals surface area contributed by atoms with Crippen LogP contribution in [0.2, 0.25) is 0 Å². The summed E-state index contributed by atoms with van der Waals surface area (Å²) in [5.41, 5.74) is 2.17. The molecule has 0 aliphatic carbocycles. The molecule has 3 nitrogen and oxygen atoms in total. The molecule has 0 aromatic heterocycles. The lowest BCUT2D eigenvalue weighted by molar-refractivity contribution is 0.180. The second-order valence-electron chi connectivity index (χ2n) is 6.62. The van der Waals surface area contributed by atoms with Crippen LogP contribution in [-0.4, -0.2) is 6.09 Å². The van der Waals surface area contributed by atoms with Crippen molar-refractivity contribution < 1.29 is 9.53 Å². The molecule has 158 valence electrons. The van der Waals surface area contributed by atoms with Gasteiger partial charge in [-0.3, -0.25) is 0 Å². The topological polar surface area (TPSA) is 38.3 Å². The van der Waals surface area contributed by atoms with E-state index < -0.39 is 11.6 Å². The molecule has 0 fully saturated rings. The highest BCUT2D eigenvalue weighted by Crippen LogP contribution is 2.23. The molecule has 1 aromatic rings. The Morgan fingerprint density at radius 1 is 0.853 bits per heavy atom. The molecule has 0 unspecified atom stereocenters.